The molecule has 3 amide bonds. The van der Waals surface area contributed by atoms with Crippen LogP contribution in [-0.4, -0.2) is 55.1 Å². The zero-order chi connectivity index (χ0) is 21.4. The average molecular weight is 399 g/mol. The van der Waals surface area contributed by atoms with E-state index in [1.54, 1.807) is 25.3 Å². The van der Waals surface area contributed by atoms with Crippen LogP contribution in [0, 0.1) is 11.8 Å². The molecule has 9 nitrogen and oxygen atoms in total. The minimum absolute atomic E-state index is 0.253. The van der Waals surface area contributed by atoms with Gasteiger partial charge in [-0.15, -0.1) is 0 Å². The van der Waals surface area contributed by atoms with E-state index in [4.69, 9.17) is 14.4 Å². The lowest BCUT2D eigenvalue weighted by atomic mass is 10.1. The Hall–Kier alpha value is -3.61. The number of methoxy groups -OCH3 is 1. The molecule has 2 aromatic rings. The summed E-state index contributed by atoms with van der Waals surface area (Å²) in [6.45, 7) is 0.358. The standard InChI is InChI=1S/C20H21N3O6/c1-21-18(24)17(19(25)22-27)23(2)20(26)15-8-6-13(7-9-15)4-5-14-10-16(12-28-3)29-11-14/h6-11,17,27H,12H2,1-3H3,(H,21,24)(H,22,25). The van der Waals surface area contributed by atoms with E-state index in [-0.39, 0.29) is 5.56 Å². The third-order valence-electron chi connectivity index (χ3n) is 3.98. The van der Waals surface area contributed by atoms with Crippen LogP contribution in [0.15, 0.2) is 41.0 Å². The molecule has 0 aliphatic heterocycles. The van der Waals surface area contributed by atoms with E-state index >= 15 is 0 Å². The number of carbonyl (C=O) groups is 3. The van der Waals surface area contributed by atoms with Crippen molar-refractivity contribution in [2.75, 3.05) is 21.2 Å². The molecule has 0 saturated heterocycles. The fourth-order valence-electron chi connectivity index (χ4n) is 2.49. The van der Waals surface area contributed by atoms with Crippen LogP contribution in [0.3, 0.4) is 0 Å². The summed E-state index contributed by atoms with van der Waals surface area (Å²) < 4.78 is 10.3. The highest BCUT2D eigenvalue weighted by molar-refractivity contribution is 6.08. The summed E-state index contributed by atoms with van der Waals surface area (Å²) in [6, 6.07) is 6.61. The first-order valence-corrected chi connectivity index (χ1v) is 8.52. The Morgan fingerprint density at radius 3 is 2.41 bits per heavy atom. The first-order valence-electron chi connectivity index (χ1n) is 8.52. The molecular formula is C20H21N3O6. The molecule has 29 heavy (non-hydrogen) atoms. The maximum Gasteiger partial charge on any atom is 0.275 e. The molecule has 1 aromatic heterocycles. The van der Waals surface area contributed by atoms with E-state index in [2.05, 4.69) is 17.2 Å². The van der Waals surface area contributed by atoms with E-state index in [9.17, 15) is 14.4 Å². The summed E-state index contributed by atoms with van der Waals surface area (Å²) in [7, 11) is 4.19. The van der Waals surface area contributed by atoms with Crippen LogP contribution in [0.2, 0.25) is 0 Å². The van der Waals surface area contributed by atoms with Crippen molar-refractivity contribution in [2.45, 2.75) is 12.6 Å². The van der Waals surface area contributed by atoms with Crippen molar-refractivity contribution >= 4 is 17.7 Å². The van der Waals surface area contributed by atoms with Gasteiger partial charge in [-0.3, -0.25) is 19.6 Å². The average Bonchev–Trinajstić information content (AvgIpc) is 3.19. The second kappa shape index (κ2) is 10.1. The fourth-order valence-corrected chi connectivity index (χ4v) is 2.49. The third-order valence-corrected chi connectivity index (χ3v) is 3.98. The number of rotatable bonds is 6. The molecule has 1 heterocycles. The molecule has 2 rings (SSSR count). The number of nitrogens with zero attached hydrogens (tertiary/aromatic N) is 1. The van der Waals surface area contributed by atoms with E-state index in [1.807, 2.05) is 0 Å². The summed E-state index contributed by atoms with van der Waals surface area (Å²) in [4.78, 5) is 37.2. The molecule has 0 aliphatic rings. The number of nitrogens with one attached hydrogen (secondary N) is 2. The van der Waals surface area contributed by atoms with Gasteiger partial charge in [-0.1, -0.05) is 11.8 Å². The molecule has 3 N–H and O–H groups in total. The number of hydrogen-bond donors (Lipinski definition) is 3. The van der Waals surface area contributed by atoms with Crippen LogP contribution in [0.5, 0.6) is 0 Å². The number of ether oxygens (including phenoxy) is 1. The highest BCUT2D eigenvalue weighted by Crippen LogP contribution is 2.11. The fraction of sp³-hybridized carbons (Fsp3) is 0.250. The SMILES string of the molecule is CNC(=O)C(C(=O)NO)N(C)C(=O)c1ccc(C#Cc2coc(COC)c2)cc1. The predicted molar refractivity (Wildman–Crippen MR) is 102 cm³/mol. The Balaban J connectivity index is 2.14. The van der Waals surface area contributed by atoms with Crippen LogP contribution in [0.25, 0.3) is 0 Å². The second-order valence-electron chi connectivity index (χ2n) is 5.97. The first kappa shape index (κ1) is 21.7. The van der Waals surface area contributed by atoms with Gasteiger partial charge < -0.3 is 19.4 Å². The number of benzene rings is 1. The molecule has 1 atom stereocenters. The van der Waals surface area contributed by atoms with Gasteiger partial charge in [-0.05, 0) is 30.3 Å². The van der Waals surface area contributed by atoms with Crippen LogP contribution in [-0.2, 0) is 20.9 Å². The maximum atomic E-state index is 12.6. The Kier molecular flexibility index (Phi) is 7.54. The summed E-state index contributed by atoms with van der Waals surface area (Å²) in [5.74, 6) is 4.24. The lowest BCUT2D eigenvalue weighted by molar-refractivity contribution is -0.140. The van der Waals surface area contributed by atoms with Gasteiger partial charge in [0.05, 0.1) is 5.56 Å². The van der Waals surface area contributed by atoms with Crippen LogP contribution in [0.1, 0.15) is 27.2 Å². The first-order chi connectivity index (χ1) is 13.9. The van der Waals surface area contributed by atoms with Gasteiger partial charge in [-0.25, -0.2) is 5.48 Å². The van der Waals surface area contributed by atoms with Gasteiger partial charge in [-0.2, -0.15) is 0 Å². The summed E-state index contributed by atoms with van der Waals surface area (Å²) in [5.41, 5.74) is 3.00. The Morgan fingerprint density at radius 2 is 1.83 bits per heavy atom. The van der Waals surface area contributed by atoms with E-state index in [1.165, 1.54) is 38.0 Å². The van der Waals surface area contributed by atoms with E-state index < -0.39 is 23.8 Å². The summed E-state index contributed by atoms with van der Waals surface area (Å²) >= 11 is 0. The van der Waals surface area contributed by atoms with Gasteiger partial charge >= 0.3 is 0 Å². The highest BCUT2D eigenvalue weighted by Gasteiger charge is 2.33. The number of likely N-dealkylation sites (N-methyl/N-ethyl adjacent to an activating group) is 2. The molecule has 0 spiro atoms. The van der Waals surface area contributed by atoms with Gasteiger partial charge in [0.25, 0.3) is 17.7 Å². The molecule has 0 bridgehead atoms. The summed E-state index contributed by atoms with van der Waals surface area (Å²) in [6.07, 6.45) is 1.53. The van der Waals surface area contributed by atoms with Crippen molar-refractivity contribution in [1.29, 1.82) is 0 Å². The number of carbonyl (C=O) groups excluding carboxylic acids is 3. The molecule has 0 fully saturated rings. The smallest absolute Gasteiger partial charge is 0.275 e. The van der Waals surface area contributed by atoms with Crippen molar-refractivity contribution < 1.29 is 28.7 Å². The molecule has 0 radical (unpaired) electrons. The van der Waals surface area contributed by atoms with Gasteiger partial charge in [0, 0.05) is 32.3 Å². The normalized spacial score (nSPS) is 11.0. The molecule has 1 aromatic carbocycles. The number of hydroxylamine groups is 1. The van der Waals surface area contributed by atoms with E-state index in [0.29, 0.717) is 23.5 Å². The van der Waals surface area contributed by atoms with Crippen molar-refractivity contribution in [2.24, 2.45) is 0 Å². The van der Waals surface area contributed by atoms with Crippen molar-refractivity contribution in [1.82, 2.24) is 15.7 Å². The lowest BCUT2D eigenvalue weighted by Gasteiger charge is -2.25. The molecule has 0 saturated carbocycles. The molecule has 152 valence electrons. The Bertz CT molecular complexity index is 923. The number of furan rings is 1. The van der Waals surface area contributed by atoms with Crippen molar-refractivity contribution in [3.05, 3.63) is 59.0 Å². The quantitative estimate of drug-likeness (QED) is 0.282. The van der Waals surface area contributed by atoms with Crippen LogP contribution >= 0.6 is 0 Å². The molecule has 9 heteroatoms. The zero-order valence-corrected chi connectivity index (χ0v) is 16.2. The highest BCUT2D eigenvalue weighted by atomic mass is 16.5. The van der Waals surface area contributed by atoms with Gasteiger partial charge in [0.2, 0.25) is 0 Å². The molecule has 1 unspecified atom stereocenters. The van der Waals surface area contributed by atoms with Crippen LogP contribution in [0.4, 0.5) is 0 Å². The topological polar surface area (TPSA) is 121 Å². The Morgan fingerprint density at radius 1 is 1.17 bits per heavy atom. The van der Waals surface area contributed by atoms with Gasteiger partial charge in [0.15, 0.2) is 6.04 Å². The van der Waals surface area contributed by atoms with Gasteiger partial charge in [0.1, 0.15) is 18.6 Å². The van der Waals surface area contributed by atoms with Crippen LogP contribution < -0.4 is 10.8 Å². The molecular weight excluding hydrogens is 378 g/mol. The maximum absolute atomic E-state index is 12.6. The number of amides is 3. The summed E-state index contributed by atoms with van der Waals surface area (Å²) in [5, 5.41) is 11.1. The second-order valence-corrected chi connectivity index (χ2v) is 5.97. The molecule has 0 aliphatic carbocycles. The van der Waals surface area contributed by atoms with Crippen molar-refractivity contribution in [3.8, 4) is 11.8 Å². The van der Waals surface area contributed by atoms with Crippen molar-refractivity contribution in [3.63, 3.8) is 0 Å². The largest absolute Gasteiger partial charge is 0.466 e. The number of hydrogen-bond acceptors (Lipinski definition) is 6. The zero-order valence-electron chi connectivity index (χ0n) is 16.2. The minimum atomic E-state index is -1.51. The third kappa shape index (κ3) is 5.44. The monoisotopic (exact) mass is 399 g/mol. The predicted octanol–water partition coefficient (Wildman–Crippen LogP) is 0.518. The Labute approximate surface area is 167 Å². The minimum Gasteiger partial charge on any atom is -0.466 e. The van der Waals surface area contributed by atoms with E-state index in [0.717, 1.165) is 4.90 Å². The lowest BCUT2D eigenvalue weighted by Crippen LogP contribution is -2.54.